The first-order valence-electron chi connectivity index (χ1n) is 8.99. The third kappa shape index (κ3) is 3.77. The topological polar surface area (TPSA) is 90.0 Å². The van der Waals surface area contributed by atoms with Crippen LogP contribution in [0.1, 0.15) is 12.0 Å². The SMILES string of the molecule is Cc1ccc(-c2noc3c(=O)n(CCC(=O)Nc4ccccc4F)cnc23)cc1. The third-order valence-corrected chi connectivity index (χ3v) is 4.50. The molecule has 0 fully saturated rings. The van der Waals surface area contributed by atoms with Gasteiger partial charge in [0.05, 0.1) is 12.0 Å². The number of benzene rings is 2. The normalized spacial score (nSPS) is 11.0. The Balaban J connectivity index is 1.52. The molecule has 146 valence electrons. The summed E-state index contributed by atoms with van der Waals surface area (Å²) in [7, 11) is 0. The molecule has 29 heavy (non-hydrogen) atoms. The Bertz CT molecular complexity index is 1250. The summed E-state index contributed by atoms with van der Waals surface area (Å²) >= 11 is 0. The Morgan fingerprint density at radius 3 is 2.69 bits per heavy atom. The number of para-hydroxylation sites is 1. The summed E-state index contributed by atoms with van der Waals surface area (Å²) in [4.78, 5) is 29.0. The van der Waals surface area contributed by atoms with E-state index in [9.17, 15) is 14.0 Å². The molecule has 2 aromatic heterocycles. The van der Waals surface area contributed by atoms with Crippen molar-refractivity contribution in [2.75, 3.05) is 5.32 Å². The third-order valence-electron chi connectivity index (χ3n) is 4.50. The van der Waals surface area contributed by atoms with Crippen LogP contribution in [0.2, 0.25) is 0 Å². The maximum Gasteiger partial charge on any atom is 0.299 e. The van der Waals surface area contributed by atoms with Crippen molar-refractivity contribution in [2.45, 2.75) is 19.9 Å². The van der Waals surface area contributed by atoms with Crippen LogP contribution in [0.25, 0.3) is 22.4 Å². The minimum absolute atomic E-state index is 0.0255. The van der Waals surface area contributed by atoms with Gasteiger partial charge < -0.3 is 9.84 Å². The van der Waals surface area contributed by atoms with E-state index >= 15 is 0 Å². The molecule has 8 heteroatoms. The molecular formula is C21H17FN4O3. The lowest BCUT2D eigenvalue weighted by Gasteiger charge is -2.07. The zero-order chi connectivity index (χ0) is 20.4. The van der Waals surface area contributed by atoms with Crippen LogP contribution in [0.4, 0.5) is 10.1 Å². The summed E-state index contributed by atoms with van der Waals surface area (Å²) in [6.45, 7) is 2.05. The predicted octanol–water partition coefficient (Wildman–Crippen LogP) is 3.53. The Hall–Kier alpha value is -3.81. The number of rotatable bonds is 5. The summed E-state index contributed by atoms with van der Waals surface area (Å²) < 4.78 is 20.1. The van der Waals surface area contributed by atoms with E-state index in [4.69, 9.17) is 4.52 Å². The molecule has 0 spiro atoms. The lowest BCUT2D eigenvalue weighted by atomic mass is 10.1. The summed E-state index contributed by atoms with van der Waals surface area (Å²) in [6, 6.07) is 13.5. The van der Waals surface area contributed by atoms with Gasteiger partial charge in [-0.1, -0.05) is 47.1 Å². The van der Waals surface area contributed by atoms with E-state index < -0.39 is 17.3 Å². The Labute approximate surface area is 164 Å². The molecule has 7 nitrogen and oxygen atoms in total. The standard InChI is InChI=1S/C21H17FN4O3/c1-13-6-8-14(9-7-13)18-19-20(29-25-18)21(28)26(12-23-19)11-10-17(27)24-16-5-3-2-4-15(16)22/h2-9,12H,10-11H2,1H3,(H,24,27). The average Bonchev–Trinajstić information content (AvgIpc) is 3.15. The molecule has 4 aromatic rings. The second kappa shape index (κ2) is 7.67. The highest BCUT2D eigenvalue weighted by molar-refractivity contribution is 5.91. The largest absolute Gasteiger partial charge is 0.348 e. The number of aromatic nitrogens is 3. The highest BCUT2D eigenvalue weighted by atomic mass is 19.1. The molecule has 0 bridgehead atoms. The van der Waals surface area contributed by atoms with Crippen molar-refractivity contribution in [2.24, 2.45) is 0 Å². The van der Waals surface area contributed by atoms with Gasteiger partial charge in [0, 0.05) is 18.5 Å². The van der Waals surface area contributed by atoms with Gasteiger partial charge in [-0.15, -0.1) is 0 Å². The van der Waals surface area contributed by atoms with Gasteiger partial charge in [-0.25, -0.2) is 9.37 Å². The number of nitrogens with zero attached hydrogens (tertiary/aromatic N) is 3. The average molecular weight is 392 g/mol. The van der Waals surface area contributed by atoms with Crippen molar-refractivity contribution in [1.29, 1.82) is 0 Å². The molecule has 0 saturated carbocycles. The Morgan fingerprint density at radius 1 is 1.17 bits per heavy atom. The predicted molar refractivity (Wildman–Crippen MR) is 106 cm³/mol. The maximum absolute atomic E-state index is 13.6. The summed E-state index contributed by atoms with van der Waals surface area (Å²) in [5, 5.41) is 6.47. The van der Waals surface area contributed by atoms with Crippen LogP contribution in [0.15, 0.2) is 64.2 Å². The molecular weight excluding hydrogens is 375 g/mol. The maximum atomic E-state index is 13.6. The molecule has 0 saturated heterocycles. The molecule has 0 aliphatic carbocycles. The fourth-order valence-electron chi connectivity index (χ4n) is 2.91. The zero-order valence-corrected chi connectivity index (χ0v) is 15.6. The Morgan fingerprint density at radius 2 is 1.93 bits per heavy atom. The number of amides is 1. The van der Waals surface area contributed by atoms with Gasteiger partial charge in [-0.3, -0.25) is 14.2 Å². The molecule has 1 N–H and O–H groups in total. The first kappa shape index (κ1) is 18.5. The van der Waals surface area contributed by atoms with Crippen molar-refractivity contribution >= 4 is 22.7 Å². The molecule has 0 aliphatic rings. The number of hydrogen-bond donors (Lipinski definition) is 1. The molecule has 2 heterocycles. The van der Waals surface area contributed by atoms with Gasteiger partial charge >= 0.3 is 0 Å². The van der Waals surface area contributed by atoms with Crippen LogP contribution in [0.5, 0.6) is 0 Å². The smallest absolute Gasteiger partial charge is 0.299 e. The molecule has 1 amide bonds. The number of fused-ring (bicyclic) bond motifs is 1. The van der Waals surface area contributed by atoms with E-state index in [0.29, 0.717) is 11.2 Å². The van der Waals surface area contributed by atoms with Gasteiger partial charge in [0.15, 0.2) is 0 Å². The van der Waals surface area contributed by atoms with E-state index in [-0.39, 0.29) is 24.2 Å². The molecule has 0 radical (unpaired) electrons. The molecule has 2 aromatic carbocycles. The summed E-state index contributed by atoms with van der Waals surface area (Å²) in [5.41, 5.74) is 2.44. The van der Waals surface area contributed by atoms with Gasteiger partial charge in [-0.05, 0) is 19.1 Å². The van der Waals surface area contributed by atoms with Crippen LogP contribution in [0.3, 0.4) is 0 Å². The number of carbonyl (C=O) groups excluding carboxylic acids is 1. The monoisotopic (exact) mass is 392 g/mol. The number of hydrogen-bond acceptors (Lipinski definition) is 5. The van der Waals surface area contributed by atoms with Crippen molar-refractivity contribution in [3.63, 3.8) is 0 Å². The Kier molecular flexibility index (Phi) is 4.90. The van der Waals surface area contributed by atoms with E-state index in [1.807, 2.05) is 31.2 Å². The number of halogens is 1. The van der Waals surface area contributed by atoms with Crippen molar-refractivity contribution in [3.05, 3.63) is 76.6 Å². The minimum atomic E-state index is -0.522. The van der Waals surface area contributed by atoms with Crippen molar-refractivity contribution < 1.29 is 13.7 Å². The molecule has 0 unspecified atom stereocenters. The number of aryl methyl sites for hydroxylation is 2. The highest BCUT2D eigenvalue weighted by Crippen LogP contribution is 2.24. The van der Waals surface area contributed by atoms with Gasteiger partial charge in [0.2, 0.25) is 5.91 Å². The van der Waals surface area contributed by atoms with E-state index in [1.165, 1.54) is 29.1 Å². The van der Waals surface area contributed by atoms with E-state index in [1.54, 1.807) is 6.07 Å². The second-order valence-corrected chi connectivity index (χ2v) is 6.60. The fourth-order valence-corrected chi connectivity index (χ4v) is 2.91. The van der Waals surface area contributed by atoms with Crippen LogP contribution < -0.4 is 10.9 Å². The number of anilines is 1. The first-order chi connectivity index (χ1) is 14.0. The fraction of sp³-hybridized carbons (Fsp3) is 0.143. The van der Waals surface area contributed by atoms with Gasteiger partial charge in [-0.2, -0.15) is 0 Å². The summed E-state index contributed by atoms with van der Waals surface area (Å²) in [6.07, 6.45) is 1.33. The van der Waals surface area contributed by atoms with Crippen LogP contribution >= 0.6 is 0 Å². The van der Waals surface area contributed by atoms with Crippen LogP contribution in [-0.2, 0) is 11.3 Å². The summed E-state index contributed by atoms with van der Waals surface area (Å²) in [5.74, 6) is -0.939. The lowest BCUT2D eigenvalue weighted by Crippen LogP contribution is -2.23. The van der Waals surface area contributed by atoms with Crippen LogP contribution in [0, 0.1) is 12.7 Å². The lowest BCUT2D eigenvalue weighted by molar-refractivity contribution is -0.116. The molecule has 4 rings (SSSR count). The van der Waals surface area contributed by atoms with E-state index in [2.05, 4.69) is 15.5 Å². The minimum Gasteiger partial charge on any atom is -0.348 e. The van der Waals surface area contributed by atoms with Crippen molar-refractivity contribution in [3.8, 4) is 11.3 Å². The molecule has 0 atom stereocenters. The highest BCUT2D eigenvalue weighted by Gasteiger charge is 2.17. The van der Waals surface area contributed by atoms with Gasteiger partial charge in [0.1, 0.15) is 17.0 Å². The van der Waals surface area contributed by atoms with E-state index in [0.717, 1.165) is 11.1 Å². The quantitative estimate of drug-likeness (QED) is 0.561. The first-order valence-corrected chi connectivity index (χ1v) is 8.99. The number of nitrogens with one attached hydrogen (secondary N) is 1. The second-order valence-electron chi connectivity index (χ2n) is 6.60. The zero-order valence-electron chi connectivity index (χ0n) is 15.6. The van der Waals surface area contributed by atoms with Gasteiger partial charge in [0.25, 0.3) is 11.1 Å². The number of carbonyl (C=O) groups is 1. The van der Waals surface area contributed by atoms with Crippen LogP contribution in [-0.4, -0.2) is 20.6 Å². The molecule has 0 aliphatic heterocycles. The van der Waals surface area contributed by atoms with Crippen molar-refractivity contribution in [1.82, 2.24) is 14.7 Å².